The molecule has 0 saturated carbocycles. The first kappa shape index (κ1) is 19.4. The maximum Gasteiger partial charge on any atom is 0.307 e. The van der Waals surface area contributed by atoms with Gasteiger partial charge in [-0.1, -0.05) is 42.0 Å². The number of benzene rings is 2. The number of oxazole rings is 1. The number of carbonyl (C=O) groups is 1. The Morgan fingerprint density at radius 1 is 1.17 bits per heavy atom. The molecule has 1 atom stereocenters. The molecule has 1 N–H and O–H groups in total. The van der Waals surface area contributed by atoms with Crippen LogP contribution in [0, 0.1) is 6.92 Å². The van der Waals surface area contributed by atoms with Gasteiger partial charge in [-0.15, -0.1) is 0 Å². The molecule has 0 aliphatic carbocycles. The van der Waals surface area contributed by atoms with Crippen molar-refractivity contribution in [2.24, 2.45) is 0 Å². The summed E-state index contributed by atoms with van der Waals surface area (Å²) in [5.41, 5.74) is 4.43. The average Bonchev–Trinajstić information content (AvgIpc) is 3.08. The molecule has 0 fully saturated rings. The van der Waals surface area contributed by atoms with Gasteiger partial charge >= 0.3 is 5.95 Å². The number of aromatic hydroxyl groups is 1. The van der Waals surface area contributed by atoms with Crippen LogP contribution >= 0.6 is 0 Å². The fourth-order valence-corrected chi connectivity index (χ4v) is 4.45. The fourth-order valence-electron chi connectivity index (χ4n) is 3.40. The van der Waals surface area contributed by atoms with E-state index in [1.54, 1.807) is 4.90 Å². The van der Waals surface area contributed by atoms with E-state index in [-0.39, 0.29) is 34.9 Å². The van der Waals surface area contributed by atoms with Crippen LogP contribution in [0.5, 0.6) is 5.95 Å². The van der Waals surface area contributed by atoms with Gasteiger partial charge < -0.3 is 14.4 Å². The lowest BCUT2D eigenvalue weighted by molar-refractivity contribution is -0.129. The second kappa shape index (κ2) is 8.21. The van der Waals surface area contributed by atoms with E-state index in [9.17, 15) is 14.1 Å². The minimum atomic E-state index is -1.49. The number of aryl methyl sites for hydroxylation is 1. The average molecular weight is 410 g/mol. The van der Waals surface area contributed by atoms with E-state index in [0.29, 0.717) is 13.1 Å². The molecule has 0 spiro atoms. The van der Waals surface area contributed by atoms with Crippen molar-refractivity contribution in [1.82, 2.24) is 9.88 Å². The van der Waals surface area contributed by atoms with Gasteiger partial charge in [0, 0.05) is 29.5 Å². The fraction of sp³-hybridized carbons (Fsp3) is 0.273. The summed E-state index contributed by atoms with van der Waals surface area (Å²) in [6.45, 7) is 3.14. The highest BCUT2D eigenvalue weighted by molar-refractivity contribution is 7.84. The van der Waals surface area contributed by atoms with Gasteiger partial charge in [0.1, 0.15) is 11.4 Å². The topological polar surface area (TPSA) is 83.6 Å². The molecule has 2 aromatic carbocycles. The molecule has 1 amide bonds. The predicted octanol–water partition coefficient (Wildman–Crippen LogP) is 3.19. The Hall–Kier alpha value is -2.93. The lowest BCUT2D eigenvalue weighted by atomic mass is 10.00. The zero-order valence-corrected chi connectivity index (χ0v) is 16.9. The number of fused-ring (bicyclic) bond motifs is 1. The van der Waals surface area contributed by atoms with Gasteiger partial charge in [0.05, 0.1) is 5.75 Å². The number of rotatable bonds is 5. The van der Waals surface area contributed by atoms with Crippen LogP contribution in [0.15, 0.2) is 52.9 Å². The molecule has 4 rings (SSSR count). The number of hydrogen-bond donors (Lipinski definition) is 1. The van der Waals surface area contributed by atoms with Crippen molar-refractivity contribution in [3.8, 4) is 17.4 Å². The standard InChI is InChI=1S/C22H22N2O4S/c1-15-6-8-17(9-7-15)21-23-19(22(26)28-21)13-29(27)14-20(25)24-11-10-16-4-2-3-5-18(16)12-24/h2-9,26H,10-14H2,1H3. The van der Waals surface area contributed by atoms with Gasteiger partial charge in [0.15, 0.2) is 0 Å². The third-order valence-corrected chi connectivity index (χ3v) is 6.21. The van der Waals surface area contributed by atoms with Crippen molar-refractivity contribution < 1.29 is 18.5 Å². The highest BCUT2D eigenvalue weighted by Gasteiger charge is 2.23. The van der Waals surface area contributed by atoms with Crippen LogP contribution in [0.4, 0.5) is 0 Å². The summed E-state index contributed by atoms with van der Waals surface area (Å²) in [7, 11) is -1.49. The molecule has 1 aromatic heterocycles. The lowest BCUT2D eigenvalue weighted by Gasteiger charge is -2.28. The third kappa shape index (κ3) is 4.40. The normalized spacial score (nSPS) is 14.4. The smallest absolute Gasteiger partial charge is 0.307 e. The van der Waals surface area contributed by atoms with Gasteiger partial charge in [-0.25, -0.2) is 4.98 Å². The molecular weight excluding hydrogens is 388 g/mol. The third-order valence-electron chi connectivity index (χ3n) is 5.04. The number of nitrogens with zero attached hydrogens (tertiary/aromatic N) is 2. The summed E-state index contributed by atoms with van der Waals surface area (Å²) in [4.78, 5) is 18.6. The number of carbonyl (C=O) groups excluding carboxylic acids is 1. The van der Waals surface area contributed by atoms with Crippen molar-refractivity contribution in [3.05, 3.63) is 70.9 Å². The summed E-state index contributed by atoms with van der Waals surface area (Å²) < 4.78 is 17.8. The SMILES string of the molecule is Cc1ccc(-c2nc(CS(=O)CC(=O)N3CCc4ccccc4C3)c(O)o2)cc1. The van der Waals surface area contributed by atoms with E-state index in [1.807, 2.05) is 49.4 Å². The van der Waals surface area contributed by atoms with Crippen molar-refractivity contribution in [1.29, 1.82) is 0 Å². The number of aromatic nitrogens is 1. The molecule has 3 aromatic rings. The molecule has 0 radical (unpaired) electrons. The summed E-state index contributed by atoms with van der Waals surface area (Å²) in [6, 6.07) is 15.6. The van der Waals surface area contributed by atoms with E-state index in [2.05, 4.69) is 11.1 Å². The Balaban J connectivity index is 1.39. The Kier molecular flexibility index (Phi) is 5.49. The minimum absolute atomic E-state index is 0.0304. The zero-order valence-electron chi connectivity index (χ0n) is 16.1. The summed E-state index contributed by atoms with van der Waals surface area (Å²) in [6.07, 6.45) is 0.804. The first-order valence-electron chi connectivity index (χ1n) is 9.45. The molecule has 6 nitrogen and oxygen atoms in total. The van der Waals surface area contributed by atoms with Crippen LogP contribution < -0.4 is 0 Å². The summed E-state index contributed by atoms with van der Waals surface area (Å²) in [5.74, 6) is -0.368. The van der Waals surface area contributed by atoms with Crippen molar-refractivity contribution in [3.63, 3.8) is 0 Å². The lowest BCUT2D eigenvalue weighted by Crippen LogP contribution is -2.38. The second-order valence-corrected chi connectivity index (χ2v) is 8.66. The molecule has 29 heavy (non-hydrogen) atoms. The van der Waals surface area contributed by atoms with Crippen molar-refractivity contribution >= 4 is 16.7 Å². The molecule has 0 bridgehead atoms. The van der Waals surface area contributed by atoms with Gasteiger partial charge in [0.25, 0.3) is 0 Å². The van der Waals surface area contributed by atoms with E-state index >= 15 is 0 Å². The number of amides is 1. The Bertz CT molecular complexity index is 1060. The van der Waals surface area contributed by atoms with Crippen LogP contribution in [0.25, 0.3) is 11.5 Å². The van der Waals surface area contributed by atoms with E-state index < -0.39 is 10.8 Å². The first-order valence-corrected chi connectivity index (χ1v) is 10.9. The summed E-state index contributed by atoms with van der Waals surface area (Å²) >= 11 is 0. The molecule has 0 saturated heterocycles. The van der Waals surface area contributed by atoms with E-state index in [4.69, 9.17) is 4.42 Å². The molecule has 1 unspecified atom stereocenters. The molecule has 1 aliphatic heterocycles. The van der Waals surface area contributed by atoms with Gasteiger partial charge in [-0.2, -0.15) is 0 Å². The van der Waals surface area contributed by atoms with Gasteiger partial charge in [0.2, 0.25) is 11.8 Å². The van der Waals surface area contributed by atoms with Crippen LogP contribution in [-0.4, -0.2) is 37.4 Å². The maximum absolute atomic E-state index is 12.6. The summed E-state index contributed by atoms with van der Waals surface area (Å²) in [5, 5.41) is 10.0. The Morgan fingerprint density at radius 2 is 1.90 bits per heavy atom. The highest BCUT2D eigenvalue weighted by atomic mass is 32.2. The van der Waals surface area contributed by atoms with Crippen LogP contribution in [0.3, 0.4) is 0 Å². The minimum Gasteiger partial charge on any atom is -0.479 e. The monoisotopic (exact) mass is 410 g/mol. The van der Waals surface area contributed by atoms with Gasteiger partial charge in [-0.3, -0.25) is 9.00 Å². The Labute approximate surface area is 171 Å². The van der Waals surface area contributed by atoms with Crippen LogP contribution in [-0.2, 0) is 34.3 Å². The number of hydrogen-bond acceptors (Lipinski definition) is 5. The molecule has 1 aliphatic rings. The quantitative estimate of drug-likeness (QED) is 0.698. The maximum atomic E-state index is 12.6. The molecule has 7 heteroatoms. The highest BCUT2D eigenvalue weighted by Crippen LogP contribution is 2.27. The van der Waals surface area contributed by atoms with Crippen molar-refractivity contribution in [2.45, 2.75) is 25.6 Å². The first-order chi connectivity index (χ1) is 14.0. The van der Waals surface area contributed by atoms with Crippen LogP contribution in [0.1, 0.15) is 22.4 Å². The predicted molar refractivity (Wildman–Crippen MR) is 111 cm³/mol. The van der Waals surface area contributed by atoms with Crippen molar-refractivity contribution in [2.75, 3.05) is 12.3 Å². The molecule has 2 heterocycles. The van der Waals surface area contributed by atoms with E-state index in [0.717, 1.165) is 23.1 Å². The molecule has 150 valence electrons. The largest absolute Gasteiger partial charge is 0.479 e. The molecular formula is C22H22N2O4S. The Morgan fingerprint density at radius 3 is 2.66 bits per heavy atom. The second-order valence-electron chi connectivity index (χ2n) is 7.20. The zero-order chi connectivity index (χ0) is 20.4. The van der Waals surface area contributed by atoms with Gasteiger partial charge in [-0.05, 0) is 36.6 Å². The van der Waals surface area contributed by atoms with Crippen LogP contribution in [0.2, 0.25) is 0 Å². The van der Waals surface area contributed by atoms with E-state index in [1.165, 1.54) is 5.56 Å².